The molecular formula is C17H15IN2O3. The lowest BCUT2D eigenvalue weighted by molar-refractivity contribution is 0.241. The van der Waals surface area contributed by atoms with Crippen LogP contribution in [0.3, 0.4) is 0 Å². The number of aromatic nitrogens is 2. The molecule has 0 bridgehead atoms. The highest BCUT2D eigenvalue weighted by Crippen LogP contribution is 2.22. The number of rotatable bonds is 6. The summed E-state index contributed by atoms with van der Waals surface area (Å²) in [5, 5.41) is 3.99. The topological polar surface area (TPSA) is 57.4 Å². The second kappa shape index (κ2) is 7.45. The fourth-order valence-electron chi connectivity index (χ4n) is 2.00. The van der Waals surface area contributed by atoms with E-state index in [1.807, 2.05) is 55.5 Å². The van der Waals surface area contributed by atoms with Crippen LogP contribution in [0.4, 0.5) is 0 Å². The number of para-hydroxylation sites is 1. The van der Waals surface area contributed by atoms with E-state index in [0.717, 1.165) is 20.6 Å². The molecule has 0 radical (unpaired) electrons. The van der Waals surface area contributed by atoms with Crippen LogP contribution in [0, 0.1) is 3.57 Å². The Labute approximate surface area is 147 Å². The Bertz CT molecular complexity index is 772. The van der Waals surface area contributed by atoms with Crippen LogP contribution < -0.4 is 9.47 Å². The Balaban J connectivity index is 1.67. The third-order valence-electron chi connectivity index (χ3n) is 3.08. The molecule has 0 N–H and O–H groups in total. The molecule has 0 atom stereocenters. The second-order valence-corrected chi connectivity index (χ2v) is 5.85. The molecule has 5 nitrogen and oxygen atoms in total. The molecule has 0 aliphatic carbocycles. The third-order valence-corrected chi connectivity index (χ3v) is 3.97. The van der Waals surface area contributed by atoms with Gasteiger partial charge in [-0.2, -0.15) is 4.98 Å². The number of halogens is 1. The van der Waals surface area contributed by atoms with Gasteiger partial charge >= 0.3 is 0 Å². The van der Waals surface area contributed by atoms with E-state index in [0.29, 0.717) is 18.3 Å². The van der Waals surface area contributed by atoms with E-state index in [9.17, 15) is 0 Å². The fraction of sp³-hybridized carbons (Fsp3) is 0.176. The highest BCUT2D eigenvalue weighted by Gasteiger charge is 2.10. The van der Waals surface area contributed by atoms with Crippen LogP contribution in [0.5, 0.6) is 11.5 Å². The van der Waals surface area contributed by atoms with Crippen molar-refractivity contribution in [2.45, 2.75) is 13.5 Å². The van der Waals surface area contributed by atoms with E-state index in [1.54, 1.807) is 0 Å². The number of hydrogen-bond donors (Lipinski definition) is 0. The van der Waals surface area contributed by atoms with Gasteiger partial charge in [-0.15, -0.1) is 0 Å². The standard InChI is InChI=1S/C17H15IN2O3/c1-2-21-13-9-7-12(8-10-13)17-19-16(23-20-17)11-22-15-6-4-3-5-14(15)18/h3-10H,2,11H2,1H3. The van der Waals surface area contributed by atoms with Crippen LogP contribution in [0.1, 0.15) is 12.8 Å². The molecule has 3 aromatic rings. The predicted molar refractivity (Wildman–Crippen MR) is 94.4 cm³/mol. The van der Waals surface area contributed by atoms with Gasteiger partial charge in [-0.3, -0.25) is 0 Å². The van der Waals surface area contributed by atoms with E-state index in [4.69, 9.17) is 14.0 Å². The van der Waals surface area contributed by atoms with E-state index < -0.39 is 0 Å². The van der Waals surface area contributed by atoms with Crippen molar-refractivity contribution in [3.63, 3.8) is 0 Å². The van der Waals surface area contributed by atoms with Gasteiger partial charge < -0.3 is 14.0 Å². The lowest BCUT2D eigenvalue weighted by atomic mass is 10.2. The molecule has 0 amide bonds. The van der Waals surface area contributed by atoms with Gasteiger partial charge in [-0.25, -0.2) is 0 Å². The third kappa shape index (κ3) is 4.01. The van der Waals surface area contributed by atoms with Gasteiger partial charge in [0, 0.05) is 5.56 Å². The van der Waals surface area contributed by atoms with E-state index in [2.05, 4.69) is 32.7 Å². The Morgan fingerprint density at radius 2 is 1.83 bits per heavy atom. The van der Waals surface area contributed by atoms with Crippen molar-refractivity contribution in [3.05, 3.63) is 58.0 Å². The molecule has 0 aliphatic heterocycles. The normalized spacial score (nSPS) is 10.5. The molecule has 0 saturated carbocycles. The fourth-order valence-corrected chi connectivity index (χ4v) is 2.54. The Kier molecular flexibility index (Phi) is 5.12. The summed E-state index contributed by atoms with van der Waals surface area (Å²) in [6.07, 6.45) is 0. The lowest BCUT2D eigenvalue weighted by Gasteiger charge is -2.04. The molecule has 1 aromatic heterocycles. The van der Waals surface area contributed by atoms with Crippen molar-refractivity contribution in [1.29, 1.82) is 0 Å². The van der Waals surface area contributed by atoms with Crippen molar-refractivity contribution in [1.82, 2.24) is 10.1 Å². The summed E-state index contributed by atoms with van der Waals surface area (Å²) in [7, 11) is 0. The number of nitrogens with zero attached hydrogens (tertiary/aromatic N) is 2. The first kappa shape index (κ1) is 15.8. The minimum atomic E-state index is 0.240. The van der Waals surface area contributed by atoms with Crippen LogP contribution in [0.2, 0.25) is 0 Å². The highest BCUT2D eigenvalue weighted by atomic mass is 127. The number of benzene rings is 2. The molecule has 2 aromatic carbocycles. The van der Waals surface area contributed by atoms with Gasteiger partial charge in [0.2, 0.25) is 5.82 Å². The summed E-state index contributed by atoms with van der Waals surface area (Å²) in [5.41, 5.74) is 0.873. The Morgan fingerprint density at radius 1 is 1.04 bits per heavy atom. The second-order valence-electron chi connectivity index (χ2n) is 4.69. The van der Waals surface area contributed by atoms with Crippen molar-refractivity contribution >= 4 is 22.6 Å². The molecule has 23 heavy (non-hydrogen) atoms. The zero-order valence-corrected chi connectivity index (χ0v) is 14.7. The van der Waals surface area contributed by atoms with Crippen LogP contribution >= 0.6 is 22.6 Å². The van der Waals surface area contributed by atoms with Crippen molar-refractivity contribution in [3.8, 4) is 22.9 Å². The van der Waals surface area contributed by atoms with Crippen molar-refractivity contribution < 1.29 is 14.0 Å². The quantitative estimate of drug-likeness (QED) is 0.554. The van der Waals surface area contributed by atoms with Crippen LogP contribution in [0.25, 0.3) is 11.4 Å². The number of hydrogen-bond acceptors (Lipinski definition) is 5. The van der Waals surface area contributed by atoms with Gasteiger partial charge in [0.15, 0.2) is 6.61 Å². The predicted octanol–water partition coefficient (Wildman–Crippen LogP) is 4.32. The SMILES string of the molecule is CCOc1ccc(-c2noc(COc3ccccc3I)n2)cc1. The van der Waals surface area contributed by atoms with Gasteiger partial charge in [0.05, 0.1) is 10.2 Å². The first-order valence-corrected chi connectivity index (χ1v) is 8.27. The van der Waals surface area contributed by atoms with Crippen LogP contribution in [0.15, 0.2) is 53.1 Å². The smallest absolute Gasteiger partial charge is 0.264 e. The molecule has 3 rings (SSSR count). The molecule has 0 unspecified atom stereocenters. The summed E-state index contributed by atoms with van der Waals surface area (Å²) in [4.78, 5) is 4.35. The first-order valence-electron chi connectivity index (χ1n) is 7.19. The average Bonchev–Trinajstić information content (AvgIpc) is 3.04. The Morgan fingerprint density at radius 3 is 2.57 bits per heavy atom. The van der Waals surface area contributed by atoms with Crippen LogP contribution in [-0.2, 0) is 6.61 Å². The summed E-state index contributed by atoms with van der Waals surface area (Å²) in [6.45, 7) is 2.83. The maximum Gasteiger partial charge on any atom is 0.264 e. The largest absolute Gasteiger partial charge is 0.494 e. The lowest BCUT2D eigenvalue weighted by Crippen LogP contribution is -1.97. The van der Waals surface area contributed by atoms with Gasteiger partial charge in [-0.1, -0.05) is 17.3 Å². The molecule has 1 heterocycles. The molecule has 0 fully saturated rings. The summed E-state index contributed by atoms with van der Waals surface area (Å²) in [6, 6.07) is 15.4. The molecule has 0 aliphatic rings. The van der Waals surface area contributed by atoms with Crippen molar-refractivity contribution in [2.75, 3.05) is 6.61 Å². The molecule has 118 valence electrons. The Hall–Kier alpha value is -2.09. The molecule has 6 heteroatoms. The van der Waals surface area contributed by atoms with E-state index in [-0.39, 0.29) is 6.61 Å². The monoisotopic (exact) mass is 422 g/mol. The van der Waals surface area contributed by atoms with Gasteiger partial charge in [-0.05, 0) is 65.9 Å². The minimum absolute atomic E-state index is 0.240. The average molecular weight is 422 g/mol. The summed E-state index contributed by atoms with van der Waals surface area (Å²) >= 11 is 2.22. The zero-order chi connectivity index (χ0) is 16.1. The summed E-state index contributed by atoms with van der Waals surface area (Å²) in [5.74, 6) is 2.60. The number of ether oxygens (including phenoxy) is 2. The van der Waals surface area contributed by atoms with Gasteiger partial charge in [0.25, 0.3) is 5.89 Å². The molecule has 0 spiro atoms. The van der Waals surface area contributed by atoms with Crippen molar-refractivity contribution in [2.24, 2.45) is 0 Å². The van der Waals surface area contributed by atoms with E-state index >= 15 is 0 Å². The maximum absolute atomic E-state index is 5.70. The first-order chi connectivity index (χ1) is 11.3. The molecular weight excluding hydrogens is 407 g/mol. The summed E-state index contributed by atoms with van der Waals surface area (Å²) < 4.78 is 17.4. The zero-order valence-electron chi connectivity index (χ0n) is 12.5. The minimum Gasteiger partial charge on any atom is -0.494 e. The van der Waals surface area contributed by atoms with E-state index in [1.165, 1.54) is 0 Å². The van der Waals surface area contributed by atoms with Crippen LogP contribution in [-0.4, -0.2) is 16.7 Å². The maximum atomic E-state index is 5.70. The molecule has 0 saturated heterocycles. The highest BCUT2D eigenvalue weighted by molar-refractivity contribution is 14.1. The van der Waals surface area contributed by atoms with Gasteiger partial charge in [0.1, 0.15) is 11.5 Å².